The lowest BCUT2D eigenvalue weighted by atomic mass is 10.1. The van der Waals surface area contributed by atoms with Crippen LogP contribution in [0.4, 0.5) is 10.1 Å². The van der Waals surface area contributed by atoms with Crippen molar-refractivity contribution in [1.29, 1.82) is 0 Å². The number of halogens is 1. The molecule has 2 N–H and O–H groups in total. The first kappa shape index (κ1) is 17.1. The number of H-pyrrole nitrogens is 1. The number of aromatic nitrogens is 4. The van der Waals surface area contributed by atoms with Crippen molar-refractivity contribution < 1.29 is 4.39 Å². The molecule has 0 saturated carbocycles. The summed E-state index contributed by atoms with van der Waals surface area (Å²) in [6.07, 6.45) is 0. The summed E-state index contributed by atoms with van der Waals surface area (Å²) in [6, 6.07) is 21.6. The quantitative estimate of drug-likeness (QED) is 0.491. The van der Waals surface area contributed by atoms with Crippen molar-refractivity contribution in [3.63, 3.8) is 0 Å². The maximum absolute atomic E-state index is 13.1. The molecule has 0 fully saturated rings. The van der Waals surface area contributed by atoms with Crippen LogP contribution in [0.25, 0.3) is 27.9 Å². The lowest BCUT2D eigenvalue weighted by Gasteiger charge is -2.08. The Labute approximate surface area is 164 Å². The highest BCUT2D eigenvalue weighted by Crippen LogP contribution is 2.19. The molecule has 0 saturated heterocycles. The van der Waals surface area contributed by atoms with Crippen LogP contribution in [-0.2, 0) is 6.54 Å². The number of nitrogens with one attached hydrogen (secondary N) is 2. The lowest BCUT2D eigenvalue weighted by Crippen LogP contribution is -2.17. The summed E-state index contributed by atoms with van der Waals surface area (Å²) in [5, 5.41) is 9.86. The van der Waals surface area contributed by atoms with Crippen LogP contribution in [0.2, 0.25) is 0 Å². The minimum atomic E-state index is -0.337. The molecule has 0 aliphatic carbocycles. The standard InChI is InChI=1S/C22H16FN5O/c23-17-8-5-15(6-9-17)21-26-22-25-19(12-20(29)28(22)27-21)13-24-18-10-7-14-3-1-2-4-16(14)11-18/h1-12,24H,13H2,(H,25,26,27). The van der Waals surface area contributed by atoms with Crippen molar-refractivity contribution in [2.45, 2.75) is 6.54 Å². The minimum Gasteiger partial charge on any atom is -0.379 e. The van der Waals surface area contributed by atoms with E-state index in [0.717, 1.165) is 11.1 Å². The van der Waals surface area contributed by atoms with Gasteiger partial charge in [0.05, 0.1) is 6.54 Å². The van der Waals surface area contributed by atoms with Crippen molar-refractivity contribution in [3.05, 3.63) is 94.7 Å². The van der Waals surface area contributed by atoms with Gasteiger partial charge in [-0.15, -0.1) is 5.10 Å². The van der Waals surface area contributed by atoms with E-state index in [9.17, 15) is 9.18 Å². The van der Waals surface area contributed by atoms with Gasteiger partial charge in [-0.1, -0.05) is 30.3 Å². The maximum atomic E-state index is 13.1. The number of rotatable bonds is 4. The molecule has 0 atom stereocenters. The number of benzene rings is 3. The number of hydrogen-bond acceptors (Lipinski definition) is 4. The van der Waals surface area contributed by atoms with Crippen LogP contribution in [0.3, 0.4) is 0 Å². The molecule has 0 bridgehead atoms. The monoisotopic (exact) mass is 385 g/mol. The summed E-state index contributed by atoms with van der Waals surface area (Å²) in [5.41, 5.74) is 2.00. The van der Waals surface area contributed by atoms with Gasteiger partial charge in [-0.3, -0.25) is 4.79 Å². The van der Waals surface area contributed by atoms with Crippen LogP contribution in [0.1, 0.15) is 5.69 Å². The summed E-state index contributed by atoms with van der Waals surface area (Å²) in [5.74, 6) is 0.362. The van der Waals surface area contributed by atoms with E-state index >= 15 is 0 Å². The van der Waals surface area contributed by atoms with Gasteiger partial charge in [0, 0.05) is 23.0 Å². The molecule has 0 aliphatic heterocycles. The molecular weight excluding hydrogens is 369 g/mol. The summed E-state index contributed by atoms with van der Waals surface area (Å²) >= 11 is 0. The van der Waals surface area contributed by atoms with Crippen LogP contribution in [0.15, 0.2) is 77.6 Å². The van der Waals surface area contributed by atoms with Gasteiger partial charge < -0.3 is 10.3 Å². The fourth-order valence-electron chi connectivity index (χ4n) is 3.25. The van der Waals surface area contributed by atoms with Gasteiger partial charge in [0.25, 0.3) is 5.56 Å². The molecule has 142 valence electrons. The minimum absolute atomic E-state index is 0.282. The number of aromatic amines is 1. The van der Waals surface area contributed by atoms with Crippen molar-refractivity contribution in [1.82, 2.24) is 19.6 Å². The van der Waals surface area contributed by atoms with Gasteiger partial charge in [0.1, 0.15) is 5.82 Å². The molecule has 5 aromatic rings. The molecular formula is C22H16FN5O. The molecule has 0 radical (unpaired) electrons. The fourth-order valence-corrected chi connectivity index (χ4v) is 3.25. The van der Waals surface area contributed by atoms with Crippen LogP contribution < -0.4 is 10.9 Å². The molecule has 0 aliphatic rings. The normalized spacial score (nSPS) is 11.2. The fraction of sp³-hybridized carbons (Fsp3) is 0.0455. The lowest BCUT2D eigenvalue weighted by molar-refractivity contribution is 0.628. The third-order valence-corrected chi connectivity index (χ3v) is 4.72. The first-order valence-corrected chi connectivity index (χ1v) is 9.13. The van der Waals surface area contributed by atoms with Crippen molar-refractivity contribution in [3.8, 4) is 11.4 Å². The van der Waals surface area contributed by atoms with Crippen LogP contribution in [0, 0.1) is 5.82 Å². The second-order valence-electron chi connectivity index (χ2n) is 6.73. The Balaban J connectivity index is 1.42. The van der Waals surface area contributed by atoms with E-state index < -0.39 is 0 Å². The van der Waals surface area contributed by atoms with Gasteiger partial charge in [0.15, 0.2) is 5.82 Å². The highest BCUT2D eigenvalue weighted by Gasteiger charge is 2.10. The molecule has 5 rings (SSSR count). The summed E-state index contributed by atoms with van der Waals surface area (Å²) in [4.78, 5) is 19.9. The molecule has 0 unspecified atom stereocenters. The van der Waals surface area contributed by atoms with E-state index in [1.54, 1.807) is 12.1 Å². The smallest absolute Gasteiger partial charge is 0.275 e. The number of hydrogen-bond donors (Lipinski definition) is 2. The largest absolute Gasteiger partial charge is 0.379 e. The zero-order chi connectivity index (χ0) is 19.8. The van der Waals surface area contributed by atoms with E-state index in [-0.39, 0.29) is 11.4 Å². The Bertz CT molecular complexity index is 1390. The van der Waals surface area contributed by atoms with Crippen molar-refractivity contribution in [2.24, 2.45) is 0 Å². The van der Waals surface area contributed by atoms with E-state index in [1.165, 1.54) is 28.1 Å². The second-order valence-corrected chi connectivity index (χ2v) is 6.73. The van der Waals surface area contributed by atoms with E-state index in [4.69, 9.17) is 0 Å². The number of anilines is 1. The highest BCUT2D eigenvalue weighted by atomic mass is 19.1. The predicted molar refractivity (Wildman–Crippen MR) is 110 cm³/mol. The Hall–Kier alpha value is -4.00. The topological polar surface area (TPSA) is 75.1 Å². The van der Waals surface area contributed by atoms with Crippen molar-refractivity contribution >= 4 is 22.2 Å². The number of fused-ring (bicyclic) bond motifs is 2. The Morgan fingerprint density at radius 3 is 2.59 bits per heavy atom. The van der Waals surface area contributed by atoms with Crippen LogP contribution >= 0.6 is 0 Å². The Morgan fingerprint density at radius 2 is 1.76 bits per heavy atom. The average Bonchev–Trinajstić information content (AvgIpc) is 3.17. The van der Waals surface area contributed by atoms with Gasteiger partial charge in [-0.05, 0) is 47.2 Å². The Morgan fingerprint density at radius 1 is 0.966 bits per heavy atom. The van der Waals surface area contributed by atoms with Gasteiger partial charge in [0.2, 0.25) is 5.78 Å². The summed E-state index contributed by atoms with van der Waals surface area (Å²) in [6.45, 7) is 0.433. The van der Waals surface area contributed by atoms with Crippen molar-refractivity contribution in [2.75, 3.05) is 5.32 Å². The Kier molecular flexibility index (Phi) is 4.05. The SMILES string of the molecule is O=c1cc(CNc2ccc3ccccc3c2)[nH]c2nc(-c3ccc(F)cc3)nn12. The molecule has 29 heavy (non-hydrogen) atoms. The van der Waals surface area contributed by atoms with E-state index in [0.29, 0.717) is 29.4 Å². The van der Waals surface area contributed by atoms with E-state index in [2.05, 4.69) is 44.6 Å². The third-order valence-electron chi connectivity index (χ3n) is 4.72. The van der Waals surface area contributed by atoms with Gasteiger partial charge in [-0.2, -0.15) is 9.50 Å². The van der Waals surface area contributed by atoms with Crippen LogP contribution in [0.5, 0.6) is 0 Å². The first-order valence-electron chi connectivity index (χ1n) is 9.13. The van der Waals surface area contributed by atoms with Gasteiger partial charge >= 0.3 is 0 Å². The average molecular weight is 385 g/mol. The third kappa shape index (κ3) is 3.34. The summed E-state index contributed by atoms with van der Waals surface area (Å²) in [7, 11) is 0. The summed E-state index contributed by atoms with van der Waals surface area (Å²) < 4.78 is 14.3. The zero-order valence-electron chi connectivity index (χ0n) is 15.3. The highest BCUT2D eigenvalue weighted by molar-refractivity contribution is 5.85. The predicted octanol–water partition coefficient (Wildman–Crippen LogP) is 3.99. The molecule has 0 amide bonds. The van der Waals surface area contributed by atoms with E-state index in [1.807, 2.05) is 18.2 Å². The zero-order valence-corrected chi connectivity index (χ0v) is 15.3. The molecule has 0 spiro atoms. The second kappa shape index (κ2) is 6.87. The molecule has 6 nitrogen and oxygen atoms in total. The first-order chi connectivity index (χ1) is 14.2. The van der Waals surface area contributed by atoms with Gasteiger partial charge in [-0.25, -0.2) is 4.39 Å². The molecule has 2 aromatic heterocycles. The maximum Gasteiger partial charge on any atom is 0.275 e. The van der Waals surface area contributed by atoms with Crippen LogP contribution in [-0.4, -0.2) is 19.6 Å². The number of nitrogens with zero attached hydrogens (tertiary/aromatic N) is 3. The molecule has 3 aromatic carbocycles. The molecule has 2 heterocycles. The molecule has 7 heteroatoms.